The molecule has 0 spiro atoms. The lowest BCUT2D eigenvalue weighted by Gasteiger charge is -2.32. The van der Waals surface area contributed by atoms with Crippen molar-refractivity contribution in [2.45, 2.75) is 12.0 Å². The minimum atomic E-state index is -0.810. The second-order valence-corrected chi connectivity index (χ2v) is 5.12. The third-order valence-corrected chi connectivity index (χ3v) is 3.81. The van der Waals surface area contributed by atoms with Crippen LogP contribution in [0.25, 0.3) is 6.08 Å². The van der Waals surface area contributed by atoms with Gasteiger partial charge in [0.15, 0.2) is 5.50 Å². The molecule has 1 aromatic carbocycles. The SMILES string of the molecule is O=[N+]([O-])C1=Cc2ccccc2N(Cc2cccnc2)C1Cl. The number of para-hydroxylation sites is 1. The zero-order valence-electron chi connectivity index (χ0n) is 11.0. The molecule has 0 aliphatic carbocycles. The van der Waals surface area contributed by atoms with Gasteiger partial charge in [-0.15, -0.1) is 0 Å². The summed E-state index contributed by atoms with van der Waals surface area (Å²) in [5.74, 6) is 0. The van der Waals surface area contributed by atoms with Crippen LogP contribution in [0.1, 0.15) is 11.1 Å². The summed E-state index contributed by atoms with van der Waals surface area (Å²) in [5.41, 5.74) is 1.80. The van der Waals surface area contributed by atoms with E-state index in [1.54, 1.807) is 12.4 Å². The highest BCUT2D eigenvalue weighted by atomic mass is 35.5. The van der Waals surface area contributed by atoms with Crippen molar-refractivity contribution in [2.75, 3.05) is 4.90 Å². The Morgan fingerprint density at radius 2 is 2.10 bits per heavy atom. The first kappa shape index (κ1) is 13.6. The average molecular weight is 302 g/mol. The summed E-state index contributed by atoms with van der Waals surface area (Å²) in [5, 5.41) is 11.2. The Bertz CT molecular complexity index is 703. The van der Waals surface area contributed by atoms with Crippen LogP contribution < -0.4 is 4.90 Å². The molecule has 5 nitrogen and oxygen atoms in total. The number of alkyl halides is 1. The number of nitro groups is 1. The van der Waals surface area contributed by atoms with Crippen LogP contribution in [0, 0.1) is 10.1 Å². The number of pyridine rings is 1. The summed E-state index contributed by atoms with van der Waals surface area (Å²) in [6.45, 7) is 0.462. The van der Waals surface area contributed by atoms with Gasteiger partial charge >= 0.3 is 0 Å². The molecule has 1 aromatic heterocycles. The number of aromatic nitrogens is 1. The molecule has 0 fully saturated rings. The molecular weight excluding hydrogens is 290 g/mol. The standard InChI is InChI=1S/C15H12ClN3O2/c16-15-14(19(20)21)8-12-5-1-2-6-13(12)18(15)10-11-4-3-7-17-9-11/h1-9,15H,10H2. The Kier molecular flexibility index (Phi) is 3.58. The number of halogens is 1. The van der Waals surface area contributed by atoms with Crippen molar-refractivity contribution in [1.82, 2.24) is 4.98 Å². The lowest BCUT2D eigenvalue weighted by Crippen LogP contribution is -2.37. The van der Waals surface area contributed by atoms with E-state index in [0.717, 1.165) is 16.8 Å². The number of hydrogen-bond acceptors (Lipinski definition) is 4. The van der Waals surface area contributed by atoms with E-state index in [1.807, 2.05) is 41.3 Å². The van der Waals surface area contributed by atoms with Gasteiger partial charge in [0.1, 0.15) is 0 Å². The summed E-state index contributed by atoms with van der Waals surface area (Å²) >= 11 is 6.32. The topological polar surface area (TPSA) is 59.3 Å². The van der Waals surface area contributed by atoms with E-state index in [0.29, 0.717) is 6.54 Å². The van der Waals surface area contributed by atoms with Crippen LogP contribution in [0.2, 0.25) is 0 Å². The molecule has 3 rings (SSSR count). The monoisotopic (exact) mass is 301 g/mol. The Labute approximate surface area is 126 Å². The van der Waals surface area contributed by atoms with Crippen LogP contribution >= 0.6 is 11.6 Å². The predicted octanol–water partition coefficient (Wildman–Crippen LogP) is 3.28. The van der Waals surface area contributed by atoms with E-state index in [4.69, 9.17) is 11.6 Å². The number of fused-ring (bicyclic) bond motifs is 1. The van der Waals surface area contributed by atoms with Crippen LogP contribution in [0.4, 0.5) is 5.69 Å². The first-order valence-corrected chi connectivity index (χ1v) is 6.85. The molecule has 1 unspecified atom stereocenters. The highest BCUT2D eigenvalue weighted by Gasteiger charge is 2.34. The van der Waals surface area contributed by atoms with Crippen molar-refractivity contribution in [3.8, 4) is 0 Å². The summed E-state index contributed by atoms with van der Waals surface area (Å²) in [7, 11) is 0. The number of hydrogen-bond donors (Lipinski definition) is 0. The molecule has 0 N–H and O–H groups in total. The zero-order valence-corrected chi connectivity index (χ0v) is 11.8. The lowest BCUT2D eigenvalue weighted by atomic mass is 10.1. The van der Waals surface area contributed by atoms with Gasteiger partial charge in [-0.05, 0) is 17.7 Å². The predicted molar refractivity (Wildman–Crippen MR) is 81.5 cm³/mol. The third kappa shape index (κ3) is 2.60. The van der Waals surface area contributed by atoms with Gasteiger partial charge < -0.3 is 4.90 Å². The molecule has 0 radical (unpaired) electrons. The smallest absolute Gasteiger partial charge is 0.284 e. The van der Waals surface area contributed by atoms with Crippen LogP contribution in [0.5, 0.6) is 0 Å². The fourth-order valence-electron chi connectivity index (χ4n) is 2.37. The zero-order chi connectivity index (χ0) is 14.8. The second kappa shape index (κ2) is 5.54. The van der Waals surface area contributed by atoms with Gasteiger partial charge in [0.25, 0.3) is 5.70 Å². The highest BCUT2D eigenvalue weighted by molar-refractivity contribution is 6.24. The van der Waals surface area contributed by atoms with Crippen molar-refractivity contribution < 1.29 is 4.92 Å². The van der Waals surface area contributed by atoms with E-state index >= 15 is 0 Å². The maximum atomic E-state index is 11.2. The van der Waals surface area contributed by atoms with Gasteiger partial charge in [-0.3, -0.25) is 15.1 Å². The molecule has 0 amide bonds. The molecule has 2 heterocycles. The van der Waals surface area contributed by atoms with Crippen molar-refractivity contribution in [3.05, 3.63) is 75.7 Å². The normalized spacial score (nSPS) is 17.1. The summed E-state index contributed by atoms with van der Waals surface area (Å²) in [4.78, 5) is 16.6. The van der Waals surface area contributed by atoms with Crippen molar-refractivity contribution in [1.29, 1.82) is 0 Å². The van der Waals surface area contributed by atoms with E-state index in [-0.39, 0.29) is 5.70 Å². The Morgan fingerprint density at radius 1 is 1.29 bits per heavy atom. The minimum absolute atomic E-state index is 0.0146. The number of rotatable bonds is 3. The van der Waals surface area contributed by atoms with Gasteiger partial charge in [0.05, 0.1) is 4.92 Å². The lowest BCUT2D eigenvalue weighted by molar-refractivity contribution is -0.425. The largest absolute Gasteiger partial charge is 0.341 e. The fraction of sp³-hybridized carbons (Fsp3) is 0.133. The van der Waals surface area contributed by atoms with Gasteiger partial charge in [0.2, 0.25) is 0 Å². The number of nitrogens with zero attached hydrogens (tertiary/aromatic N) is 3. The molecule has 0 saturated heterocycles. The molecule has 0 bridgehead atoms. The Balaban J connectivity index is 2.03. The molecule has 6 heteroatoms. The molecule has 2 aromatic rings. The minimum Gasteiger partial charge on any atom is -0.341 e. The molecule has 106 valence electrons. The Morgan fingerprint density at radius 3 is 2.81 bits per heavy atom. The summed E-state index contributed by atoms with van der Waals surface area (Å²) < 4.78 is 0. The van der Waals surface area contributed by atoms with Gasteiger partial charge in [-0.1, -0.05) is 35.9 Å². The second-order valence-electron chi connectivity index (χ2n) is 4.71. The van der Waals surface area contributed by atoms with Crippen molar-refractivity contribution in [2.24, 2.45) is 0 Å². The van der Waals surface area contributed by atoms with E-state index in [1.165, 1.54) is 6.08 Å². The quantitative estimate of drug-likeness (QED) is 0.378. The molecule has 1 atom stereocenters. The first-order valence-electron chi connectivity index (χ1n) is 6.41. The maximum Gasteiger partial charge on any atom is 0.284 e. The van der Waals surface area contributed by atoms with Crippen LogP contribution in [-0.2, 0) is 6.54 Å². The van der Waals surface area contributed by atoms with Gasteiger partial charge in [-0.25, -0.2) is 0 Å². The summed E-state index contributed by atoms with van der Waals surface area (Å²) in [6, 6.07) is 11.3. The van der Waals surface area contributed by atoms with Crippen LogP contribution in [0.15, 0.2) is 54.5 Å². The van der Waals surface area contributed by atoms with E-state index in [9.17, 15) is 10.1 Å². The first-order chi connectivity index (χ1) is 10.2. The molecule has 1 aliphatic heterocycles. The van der Waals surface area contributed by atoms with Crippen LogP contribution in [0.3, 0.4) is 0 Å². The van der Waals surface area contributed by atoms with Gasteiger partial charge in [-0.2, -0.15) is 0 Å². The molecular formula is C15H12ClN3O2. The molecule has 0 saturated carbocycles. The van der Waals surface area contributed by atoms with Crippen LogP contribution in [-0.4, -0.2) is 15.4 Å². The Hall–Kier alpha value is -2.40. The number of benzene rings is 1. The summed E-state index contributed by atoms with van der Waals surface area (Å²) in [6.07, 6.45) is 4.96. The van der Waals surface area contributed by atoms with E-state index in [2.05, 4.69) is 4.98 Å². The van der Waals surface area contributed by atoms with Crippen molar-refractivity contribution >= 4 is 23.4 Å². The van der Waals surface area contributed by atoms with Crippen molar-refractivity contribution in [3.63, 3.8) is 0 Å². The number of anilines is 1. The van der Waals surface area contributed by atoms with Gasteiger partial charge in [0, 0.05) is 36.3 Å². The molecule has 21 heavy (non-hydrogen) atoms. The van der Waals surface area contributed by atoms with E-state index < -0.39 is 10.4 Å². The molecule has 1 aliphatic rings. The highest BCUT2D eigenvalue weighted by Crippen LogP contribution is 2.35. The third-order valence-electron chi connectivity index (χ3n) is 3.35. The fourth-order valence-corrected chi connectivity index (χ4v) is 2.69. The average Bonchev–Trinajstić information content (AvgIpc) is 2.50. The maximum absolute atomic E-state index is 11.2.